The first-order chi connectivity index (χ1) is 9.67. The van der Waals surface area contributed by atoms with Gasteiger partial charge in [0.1, 0.15) is 12.9 Å². The fraction of sp³-hybridized carbons (Fsp3) is 0.357. The van der Waals surface area contributed by atoms with Crippen molar-refractivity contribution in [2.75, 3.05) is 13.7 Å². The molecule has 1 aromatic heterocycles. The third-order valence-electron chi connectivity index (χ3n) is 3.58. The Balaban J connectivity index is 1.97. The number of aldehydes is 1. The van der Waals surface area contributed by atoms with E-state index in [9.17, 15) is 9.59 Å². The maximum atomic E-state index is 11.7. The third-order valence-corrected chi connectivity index (χ3v) is 3.58. The predicted molar refractivity (Wildman–Crippen MR) is 72.1 cm³/mol. The standard InChI is InChI=1S/C14H14N2O4/c1-19-11-4-9-10(15-8-16-13(9)18)5-12(11)20-7-14(6-17)2-3-14/h4-6,8H,2-3,7H2,1H3,(H,15,16,18). The van der Waals surface area contributed by atoms with Gasteiger partial charge in [0.15, 0.2) is 11.5 Å². The molecule has 0 bridgehead atoms. The molecule has 2 aromatic rings. The van der Waals surface area contributed by atoms with Crippen molar-refractivity contribution in [2.24, 2.45) is 5.41 Å². The van der Waals surface area contributed by atoms with Gasteiger partial charge in [0.25, 0.3) is 5.56 Å². The van der Waals surface area contributed by atoms with Crippen molar-refractivity contribution >= 4 is 17.2 Å². The van der Waals surface area contributed by atoms with E-state index in [0.29, 0.717) is 29.0 Å². The van der Waals surface area contributed by atoms with E-state index in [1.165, 1.54) is 13.4 Å². The first-order valence-electron chi connectivity index (χ1n) is 6.32. The van der Waals surface area contributed by atoms with Crippen LogP contribution in [0.25, 0.3) is 10.9 Å². The smallest absolute Gasteiger partial charge is 0.258 e. The minimum absolute atomic E-state index is 0.230. The van der Waals surface area contributed by atoms with Crippen LogP contribution in [-0.2, 0) is 4.79 Å². The highest BCUT2D eigenvalue weighted by Crippen LogP contribution is 2.44. The molecule has 1 fully saturated rings. The van der Waals surface area contributed by atoms with E-state index in [1.807, 2.05) is 0 Å². The van der Waals surface area contributed by atoms with Gasteiger partial charge in [-0.15, -0.1) is 0 Å². The van der Waals surface area contributed by atoms with Crippen LogP contribution in [-0.4, -0.2) is 30.0 Å². The maximum absolute atomic E-state index is 11.7. The molecule has 0 amide bonds. The highest BCUT2D eigenvalue weighted by atomic mass is 16.5. The molecule has 1 saturated carbocycles. The summed E-state index contributed by atoms with van der Waals surface area (Å²) in [6.45, 7) is 0.321. The van der Waals surface area contributed by atoms with Gasteiger partial charge in [0, 0.05) is 6.07 Å². The second-order valence-corrected chi connectivity index (χ2v) is 5.02. The lowest BCUT2D eigenvalue weighted by atomic mass is 10.1. The van der Waals surface area contributed by atoms with Crippen LogP contribution in [0, 0.1) is 5.41 Å². The van der Waals surface area contributed by atoms with Crippen LogP contribution in [0.3, 0.4) is 0 Å². The molecule has 1 heterocycles. The molecule has 1 N–H and O–H groups in total. The van der Waals surface area contributed by atoms with Crippen molar-refractivity contribution in [1.29, 1.82) is 0 Å². The van der Waals surface area contributed by atoms with Gasteiger partial charge < -0.3 is 19.3 Å². The van der Waals surface area contributed by atoms with Crippen molar-refractivity contribution in [1.82, 2.24) is 9.97 Å². The Labute approximate surface area is 114 Å². The van der Waals surface area contributed by atoms with Crippen LogP contribution in [0.1, 0.15) is 12.8 Å². The number of rotatable bonds is 5. The first-order valence-corrected chi connectivity index (χ1v) is 6.32. The number of nitrogens with one attached hydrogen (secondary N) is 1. The highest BCUT2D eigenvalue weighted by Gasteiger charge is 2.43. The minimum Gasteiger partial charge on any atom is -0.493 e. The number of benzene rings is 1. The molecule has 0 radical (unpaired) electrons. The first kappa shape index (κ1) is 12.7. The van der Waals surface area contributed by atoms with Gasteiger partial charge >= 0.3 is 0 Å². The van der Waals surface area contributed by atoms with E-state index in [1.54, 1.807) is 12.1 Å². The molecule has 1 aliphatic carbocycles. The number of carbonyl (C=O) groups is 1. The van der Waals surface area contributed by atoms with Gasteiger partial charge in [-0.25, -0.2) is 4.98 Å². The Kier molecular flexibility index (Phi) is 2.93. The number of ether oxygens (including phenoxy) is 2. The van der Waals surface area contributed by atoms with E-state index in [2.05, 4.69) is 9.97 Å². The van der Waals surface area contributed by atoms with Gasteiger partial charge in [-0.1, -0.05) is 0 Å². The van der Waals surface area contributed by atoms with Crippen molar-refractivity contribution in [3.63, 3.8) is 0 Å². The molecule has 6 nitrogen and oxygen atoms in total. The Hall–Kier alpha value is -2.37. The summed E-state index contributed by atoms with van der Waals surface area (Å²) in [6, 6.07) is 3.25. The molecule has 0 aliphatic heterocycles. The molecule has 6 heteroatoms. The average molecular weight is 274 g/mol. The molecule has 20 heavy (non-hydrogen) atoms. The van der Waals surface area contributed by atoms with E-state index in [0.717, 1.165) is 19.1 Å². The van der Waals surface area contributed by atoms with Crippen LogP contribution in [0.2, 0.25) is 0 Å². The van der Waals surface area contributed by atoms with E-state index in [-0.39, 0.29) is 11.0 Å². The Morgan fingerprint density at radius 3 is 2.85 bits per heavy atom. The van der Waals surface area contributed by atoms with Gasteiger partial charge in [-0.05, 0) is 18.9 Å². The van der Waals surface area contributed by atoms with E-state index >= 15 is 0 Å². The van der Waals surface area contributed by atoms with Crippen LogP contribution in [0.4, 0.5) is 0 Å². The van der Waals surface area contributed by atoms with Gasteiger partial charge in [-0.2, -0.15) is 0 Å². The topological polar surface area (TPSA) is 81.3 Å². The van der Waals surface area contributed by atoms with Crippen LogP contribution < -0.4 is 15.0 Å². The maximum Gasteiger partial charge on any atom is 0.258 e. The molecule has 0 spiro atoms. The summed E-state index contributed by atoms with van der Waals surface area (Å²) >= 11 is 0. The molecule has 1 aromatic carbocycles. The third kappa shape index (κ3) is 2.13. The molecular formula is C14H14N2O4. The largest absolute Gasteiger partial charge is 0.493 e. The van der Waals surface area contributed by atoms with Crippen LogP contribution >= 0.6 is 0 Å². The van der Waals surface area contributed by atoms with Crippen LogP contribution in [0.5, 0.6) is 11.5 Å². The number of H-pyrrole nitrogens is 1. The fourth-order valence-corrected chi connectivity index (χ4v) is 2.03. The summed E-state index contributed by atoms with van der Waals surface area (Å²) in [7, 11) is 1.51. The molecule has 3 rings (SSSR count). The SMILES string of the molecule is COc1cc2c(=O)[nH]cnc2cc1OCC1(C=O)CC1. The summed E-state index contributed by atoms with van der Waals surface area (Å²) < 4.78 is 10.9. The number of methoxy groups -OCH3 is 1. The zero-order valence-electron chi connectivity index (χ0n) is 11.0. The van der Waals surface area contributed by atoms with E-state index < -0.39 is 0 Å². The summed E-state index contributed by atoms with van der Waals surface area (Å²) in [5, 5.41) is 0.438. The summed E-state index contributed by atoms with van der Waals surface area (Å²) in [5.74, 6) is 0.948. The summed E-state index contributed by atoms with van der Waals surface area (Å²) in [4.78, 5) is 29.3. The number of aromatic amines is 1. The lowest BCUT2D eigenvalue weighted by molar-refractivity contribution is -0.113. The summed E-state index contributed by atoms with van der Waals surface area (Å²) in [6.07, 6.45) is 3.99. The van der Waals surface area contributed by atoms with Crippen molar-refractivity contribution in [3.05, 3.63) is 28.8 Å². The van der Waals surface area contributed by atoms with Gasteiger partial charge in [0.2, 0.25) is 0 Å². The Morgan fingerprint density at radius 1 is 1.40 bits per heavy atom. The summed E-state index contributed by atoms with van der Waals surface area (Å²) in [5.41, 5.74) is -0.0476. The zero-order chi connectivity index (χ0) is 14.2. The van der Waals surface area contributed by atoms with Crippen molar-refractivity contribution < 1.29 is 14.3 Å². The number of nitrogens with zero attached hydrogens (tertiary/aromatic N) is 1. The van der Waals surface area contributed by atoms with E-state index in [4.69, 9.17) is 9.47 Å². The molecule has 0 saturated heterocycles. The normalized spacial score (nSPS) is 15.8. The Bertz CT molecular complexity index is 719. The molecule has 104 valence electrons. The Morgan fingerprint density at radius 2 is 2.20 bits per heavy atom. The number of hydrogen-bond donors (Lipinski definition) is 1. The zero-order valence-corrected chi connectivity index (χ0v) is 11.0. The second-order valence-electron chi connectivity index (χ2n) is 5.02. The lowest BCUT2D eigenvalue weighted by Gasteiger charge is -2.13. The predicted octanol–water partition coefficient (Wildman–Crippen LogP) is 1.29. The highest BCUT2D eigenvalue weighted by molar-refractivity contribution is 5.81. The lowest BCUT2D eigenvalue weighted by Crippen LogP contribution is -2.15. The monoisotopic (exact) mass is 274 g/mol. The van der Waals surface area contributed by atoms with Crippen LogP contribution in [0.15, 0.2) is 23.3 Å². The minimum atomic E-state index is -0.346. The van der Waals surface area contributed by atoms with Crippen molar-refractivity contribution in [3.8, 4) is 11.5 Å². The fourth-order valence-electron chi connectivity index (χ4n) is 2.03. The molecule has 0 unspecified atom stereocenters. The molecular weight excluding hydrogens is 260 g/mol. The van der Waals surface area contributed by atoms with Gasteiger partial charge in [0.05, 0.1) is 29.8 Å². The van der Waals surface area contributed by atoms with Gasteiger partial charge in [-0.3, -0.25) is 4.79 Å². The molecule has 0 atom stereocenters. The number of aromatic nitrogens is 2. The second kappa shape index (κ2) is 4.63. The number of hydrogen-bond acceptors (Lipinski definition) is 5. The number of fused-ring (bicyclic) bond motifs is 1. The number of carbonyl (C=O) groups excluding carboxylic acids is 1. The molecule has 1 aliphatic rings. The quantitative estimate of drug-likeness (QED) is 0.831. The average Bonchev–Trinajstić information content (AvgIpc) is 3.25. The van der Waals surface area contributed by atoms with Crippen molar-refractivity contribution in [2.45, 2.75) is 12.8 Å².